The van der Waals surface area contributed by atoms with Crippen molar-refractivity contribution in [3.05, 3.63) is 59.5 Å². The molecule has 2 N–H and O–H groups in total. The lowest BCUT2D eigenvalue weighted by Gasteiger charge is -2.24. The average molecular weight is 326 g/mol. The summed E-state index contributed by atoms with van der Waals surface area (Å²) in [4.78, 5) is 16.5. The number of carbonyl (C=O) groups excluding carboxylic acids is 1. The van der Waals surface area contributed by atoms with Gasteiger partial charge in [-0.25, -0.2) is 9.37 Å². The van der Waals surface area contributed by atoms with Gasteiger partial charge in [0.2, 0.25) is 5.91 Å². The summed E-state index contributed by atoms with van der Waals surface area (Å²) in [7, 11) is 0. The molecule has 0 unspecified atom stereocenters. The Bertz CT molecular complexity index is 768. The van der Waals surface area contributed by atoms with Crippen molar-refractivity contribution in [1.29, 1.82) is 5.26 Å². The van der Waals surface area contributed by atoms with E-state index in [1.807, 2.05) is 6.07 Å². The summed E-state index contributed by atoms with van der Waals surface area (Å²) in [5, 5.41) is 14.8. The molecule has 1 aromatic carbocycles. The van der Waals surface area contributed by atoms with E-state index < -0.39 is 11.2 Å². The summed E-state index contributed by atoms with van der Waals surface area (Å²) in [6.07, 6.45) is 1.59. The first kappa shape index (κ1) is 17.4. The van der Waals surface area contributed by atoms with E-state index in [4.69, 9.17) is 5.26 Å². The summed E-state index contributed by atoms with van der Waals surface area (Å²) in [6, 6.07) is 11.6. The Hall–Kier alpha value is -2.94. The zero-order valence-corrected chi connectivity index (χ0v) is 13.6. The molecule has 0 aliphatic carbocycles. The van der Waals surface area contributed by atoms with Crippen LogP contribution in [0, 0.1) is 17.1 Å². The molecule has 2 aromatic rings. The fraction of sp³-hybridized carbons (Fsp3) is 0.278. The van der Waals surface area contributed by atoms with Gasteiger partial charge in [-0.3, -0.25) is 4.79 Å². The number of rotatable bonds is 6. The molecule has 0 aliphatic heterocycles. The highest BCUT2D eigenvalue weighted by Crippen LogP contribution is 2.25. The van der Waals surface area contributed by atoms with Crippen LogP contribution in [-0.4, -0.2) is 24.0 Å². The molecule has 0 fully saturated rings. The van der Waals surface area contributed by atoms with Gasteiger partial charge in [0.25, 0.3) is 0 Å². The second-order valence-electron chi connectivity index (χ2n) is 5.80. The van der Waals surface area contributed by atoms with Crippen LogP contribution in [0.25, 0.3) is 0 Å². The molecule has 0 saturated heterocycles. The fourth-order valence-electron chi connectivity index (χ4n) is 2.30. The number of benzene rings is 1. The molecule has 1 heterocycles. The van der Waals surface area contributed by atoms with E-state index in [-0.39, 0.29) is 5.91 Å². The van der Waals surface area contributed by atoms with Gasteiger partial charge in [-0.1, -0.05) is 18.2 Å². The van der Waals surface area contributed by atoms with Gasteiger partial charge in [0, 0.05) is 24.8 Å². The third kappa shape index (κ3) is 3.87. The minimum Gasteiger partial charge on any atom is -0.367 e. The molecule has 0 radical (unpaired) electrons. The molecule has 0 aliphatic rings. The molecule has 1 aromatic heterocycles. The SMILES string of the molecule is CC(C)(C(=O)NCCNc1ncccc1C#N)c1ccccc1F. The number of hydrogen-bond acceptors (Lipinski definition) is 4. The predicted octanol–water partition coefficient (Wildman–Crippen LogP) is 2.60. The van der Waals surface area contributed by atoms with Gasteiger partial charge in [-0.05, 0) is 32.0 Å². The number of pyridine rings is 1. The largest absolute Gasteiger partial charge is 0.367 e. The highest BCUT2D eigenvalue weighted by atomic mass is 19.1. The van der Waals surface area contributed by atoms with Crippen molar-refractivity contribution in [1.82, 2.24) is 10.3 Å². The topological polar surface area (TPSA) is 77.8 Å². The molecule has 24 heavy (non-hydrogen) atoms. The Morgan fingerprint density at radius 3 is 2.71 bits per heavy atom. The van der Waals surface area contributed by atoms with Crippen LogP contribution in [0.2, 0.25) is 0 Å². The van der Waals surface area contributed by atoms with E-state index in [0.717, 1.165) is 0 Å². The lowest BCUT2D eigenvalue weighted by atomic mass is 9.83. The van der Waals surface area contributed by atoms with Gasteiger partial charge in [0.15, 0.2) is 0 Å². The number of anilines is 1. The number of hydrogen-bond donors (Lipinski definition) is 2. The van der Waals surface area contributed by atoms with Gasteiger partial charge in [0.1, 0.15) is 17.7 Å². The summed E-state index contributed by atoms with van der Waals surface area (Å²) in [6.45, 7) is 4.10. The second kappa shape index (κ2) is 7.55. The monoisotopic (exact) mass is 326 g/mol. The minimum absolute atomic E-state index is 0.268. The molecular weight excluding hydrogens is 307 g/mol. The number of aromatic nitrogens is 1. The number of carbonyl (C=O) groups is 1. The molecule has 5 nitrogen and oxygen atoms in total. The predicted molar refractivity (Wildman–Crippen MR) is 89.9 cm³/mol. The molecule has 1 amide bonds. The number of nitriles is 1. The molecule has 0 saturated carbocycles. The van der Waals surface area contributed by atoms with E-state index in [1.165, 1.54) is 6.07 Å². The van der Waals surface area contributed by atoms with Gasteiger partial charge in [-0.15, -0.1) is 0 Å². The quantitative estimate of drug-likeness (QED) is 0.800. The summed E-state index contributed by atoms with van der Waals surface area (Å²) in [5.41, 5.74) is -0.184. The number of amides is 1. The Balaban J connectivity index is 1.91. The molecule has 124 valence electrons. The van der Waals surface area contributed by atoms with Crippen molar-refractivity contribution in [3.63, 3.8) is 0 Å². The Kier molecular flexibility index (Phi) is 5.48. The maximum absolute atomic E-state index is 13.9. The lowest BCUT2D eigenvalue weighted by molar-refractivity contribution is -0.125. The molecule has 0 spiro atoms. The molecule has 0 atom stereocenters. The van der Waals surface area contributed by atoms with E-state index in [2.05, 4.69) is 15.6 Å². The maximum atomic E-state index is 13.9. The van der Waals surface area contributed by atoms with Gasteiger partial charge in [-0.2, -0.15) is 5.26 Å². The van der Waals surface area contributed by atoms with Crippen LogP contribution in [0.4, 0.5) is 10.2 Å². The van der Waals surface area contributed by atoms with Crippen molar-refractivity contribution in [2.24, 2.45) is 0 Å². The first-order chi connectivity index (χ1) is 11.5. The van der Waals surface area contributed by atoms with E-state index in [9.17, 15) is 9.18 Å². The normalized spacial score (nSPS) is 10.8. The fourth-order valence-corrected chi connectivity index (χ4v) is 2.30. The molecule has 6 heteroatoms. The van der Waals surface area contributed by atoms with E-state index in [0.29, 0.717) is 30.0 Å². The Morgan fingerprint density at radius 1 is 1.25 bits per heavy atom. The van der Waals surface area contributed by atoms with Crippen LogP contribution < -0.4 is 10.6 Å². The smallest absolute Gasteiger partial charge is 0.230 e. The molecular formula is C18H19FN4O. The van der Waals surface area contributed by atoms with Crippen LogP contribution in [0.3, 0.4) is 0 Å². The van der Waals surface area contributed by atoms with Crippen LogP contribution in [0.1, 0.15) is 25.0 Å². The molecule has 0 bridgehead atoms. The lowest BCUT2D eigenvalue weighted by Crippen LogP contribution is -2.42. The van der Waals surface area contributed by atoms with E-state index >= 15 is 0 Å². The van der Waals surface area contributed by atoms with Crippen molar-refractivity contribution in [2.75, 3.05) is 18.4 Å². The van der Waals surface area contributed by atoms with Gasteiger partial charge < -0.3 is 10.6 Å². The van der Waals surface area contributed by atoms with Crippen molar-refractivity contribution < 1.29 is 9.18 Å². The third-order valence-corrected chi connectivity index (χ3v) is 3.75. The van der Waals surface area contributed by atoms with Crippen molar-refractivity contribution in [3.8, 4) is 6.07 Å². The first-order valence-electron chi connectivity index (χ1n) is 7.59. The standard InChI is InChI=1S/C18H19FN4O/c1-18(2,14-7-3-4-8-15(14)19)17(24)23-11-10-22-16-13(12-20)6-5-9-21-16/h3-9H,10-11H2,1-2H3,(H,21,22)(H,23,24). The highest BCUT2D eigenvalue weighted by molar-refractivity contribution is 5.87. The van der Waals surface area contributed by atoms with Gasteiger partial charge in [0.05, 0.1) is 11.0 Å². The second-order valence-corrected chi connectivity index (χ2v) is 5.80. The van der Waals surface area contributed by atoms with Crippen LogP contribution in [-0.2, 0) is 10.2 Å². The van der Waals surface area contributed by atoms with Crippen LogP contribution in [0.15, 0.2) is 42.6 Å². The Labute approximate surface area is 140 Å². The van der Waals surface area contributed by atoms with Crippen molar-refractivity contribution >= 4 is 11.7 Å². The number of halogens is 1. The third-order valence-electron chi connectivity index (χ3n) is 3.75. The summed E-state index contributed by atoms with van der Waals surface area (Å²) >= 11 is 0. The molecule has 2 rings (SSSR count). The van der Waals surface area contributed by atoms with E-state index in [1.54, 1.807) is 50.4 Å². The average Bonchev–Trinajstić information content (AvgIpc) is 2.59. The first-order valence-corrected chi connectivity index (χ1v) is 7.59. The van der Waals surface area contributed by atoms with Gasteiger partial charge >= 0.3 is 0 Å². The zero-order chi connectivity index (χ0) is 17.6. The minimum atomic E-state index is -0.978. The summed E-state index contributed by atoms with van der Waals surface area (Å²) < 4.78 is 13.9. The maximum Gasteiger partial charge on any atom is 0.230 e. The zero-order valence-electron chi connectivity index (χ0n) is 13.6. The summed E-state index contributed by atoms with van der Waals surface area (Å²) in [5.74, 6) is -0.193. The number of nitrogens with zero attached hydrogens (tertiary/aromatic N) is 2. The van der Waals surface area contributed by atoms with Crippen molar-refractivity contribution in [2.45, 2.75) is 19.3 Å². The van der Waals surface area contributed by atoms with Crippen LogP contribution >= 0.6 is 0 Å². The highest BCUT2D eigenvalue weighted by Gasteiger charge is 2.31. The number of nitrogens with one attached hydrogen (secondary N) is 2. The Morgan fingerprint density at radius 2 is 2.00 bits per heavy atom. The van der Waals surface area contributed by atoms with Crippen LogP contribution in [0.5, 0.6) is 0 Å².